The van der Waals surface area contributed by atoms with Crippen molar-refractivity contribution in [3.05, 3.63) is 81.3 Å². The van der Waals surface area contributed by atoms with Crippen LogP contribution in [0.1, 0.15) is 58.7 Å². The molecule has 3 aromatic rings. The third kappa shape index (κ3) is 3.16. The molecule has 0 N–H and O–H groups in total. The first-order chi connectivity index (χ1) is 13.0. The highest BCUT2D eigenvalue weighted by Gasteiger charge is 2.22. The van der Waals surface area contributed by atoms with E-state index in [4.69, 9.17) is 4.42 Å². The highest BCUT2D eigenvalue weighted by Crippen LogP contribution is 2.40. The van der Waals surface area contributed by atoms with Gasteiger partial charge in [0.1, 0.15) is 11.5 Å². The molecule has 1 aromatic heterocycles. The molecular formula is C26H28O. The minimum absolute atomic E-state index is 0.948. The van der Waals surface area contributed by atoms with Crippen LogP contribution in [0.15, 0.2) is 40.8 Å². The zero-order chi connectivity index (χ0) is 19.1. The van der Waals surface area contributed by atoms with E-state index in [0.29, 0.717) is 0 Å². The van der Waals surface area contributed by atoms with Crippen LogP contribution in [0, 0.1) is 20.8 Å². The maximum atomic E-state index is 6.01. The van der Waals surface area contributed by atoms with Gasteiger partial charge in [-0.25, -0.2) is 0 Å². The van der Waals surface area contributed by atoms with Crippen LogP contribution in [0.2, 0.25) is 0 Å². The minimum Gasteiger partial charge on any atom is -0.461 e. The van der Waals surface area contributed by atoms with Crippen LogP contribution in [-0.4, -0.2) is 0 Å². The predicted octanol–water partition coefficient (Wildman–Crippen LogP) is 7.09. The number of aryl methyl sites for hydroxylation is 5. The highest BCUT2D eigenvalue weighted by atomic mass is 16.3. The van der Waals surface area contributed by atoms with E-state index < -0.39 is 0 Å². The highest BCUT2D eigenvalue weighted by molar-refractivity contribution is 5.94. The molecule has 0 radical (unpaired) electrons. The molecule has 1 heteroatoms. The fraction of sp³-hybridized carbons (Fsp3) is 0.308. The molecule has 0 amide bonds. The lowest BCUT2D eigenvalue weighted by Crippen LogP contribution is -1.94. The molecule has 0 fully saturated rings. The third-order valence-electron chi connectivity index (χ3n) is 5.88. The first-order valence-electron chi connectivity index (χ1n) is 10.0. The maximum absolute atomic E-state index is 6.01. The van der Waals surface area contributed by atoms with Crippen molar-refractivity contribution in [3.8, 4) is 11.1 Å². The number of rotatable bonds is 4. The standard InChI is InChI=1S/C26H28O/c1-6-19-11-20(7-2)13-23(12-19)26-16(3)8-9-21-14-22(15-24(21)26)25-10-17(4)18(5)27-25/h8-13,15H,6-7,14H2,1-5H3. The molecule has 138 valence electrons. The molecule has 0 spiro atoms. The molecule has 0 atom stereocenters. The summed E-state index contributed by atoms with van der Waals surface area (Å²) in [5, 5.41) is 0. The first kappa shape index (κ1) is 17.9. The summed E-state index contributed by atoms with van der Waals surface area (Å²) in [5.74, 6) is 2.03. The second-order valence-electron chi connectivity index (χ2n) is 7.77. The number of hydrogen-bond acceptors (Lipinski definition) is 1. The maximum Gasteiger partial charge on any atom is 0.130 e. The van der Waals surface area contributed by atoms with Crippen molar-refractivity contribution >= 4 is 11.6 Å². The second-order valence-corrected chi connectivity index (χ2v) is 7.77. The van der Waals surface area contributed by atoms with E-state index in [0.717, 1.165) is 30.8 Å². The van der Waals surface area contributed by atoms with Crippen LogP contribution >= 0.6 is 0 Å². The van der Waals surface area contributed by atoms with Crippen molar-refractivity contribution in [2.75, 3.05) is 0 Å². The van der Waals surface area contributed by atoms with E-state index in [1.54, 1.807) is 0 Å². The Morgan fingerprint density at radius 3 is 2.15 bits per heavy atom. The molecule has 0 aliphatic heterocycles. The molecular weight excluding hydrogens is 328 g/mol. The SMILES string of the molecule is CCc1cc(CC)cc(-c2c(C)ccc3c2C=C(c2cc(C)c(C)o2)C3)c1. The van der Waals surface area contributed by atoms with E-state index in [1.807, 2.05) is 6.92 Å². The lowest BCUT2D eigenvalue weighted by molar-refractivity contribution is 0.518. The minimum atomic E-state index is 0.948. The average Bonchev–Trinajstić information content (AvgIpc) is 3.24. The fourth-order valence-electron chi connectivity index (χ4n) is 4.11. The van der Waals surface area contributed by atoms with E-state index in [9.17, 15) is 0 Å². The Labute approximate surface area is 162 Å². The summed E-state index contributed by atoms with van der Waals surface area (Å²) in [6.07, 6.45) is 5.44. The zero-order valence-electron chi connectivity index (χ0n) is 17.1. The van der Waals surface area contributed by atoms with Gasteiger partial charge in [0.25, 0.3) is 0 Å². The van der Waals surface area contributed by atoms with Gasteiger partial charge in [-0.05, 0) is 95.8 Å². The van der Waals surface area contributed by atoms with Crippen LogP contribution in [0.5, 0.6) is 0 Å². The lowest BCUT2D eigenvalue weighted by Gasteiger charge is -2.14. The van der Waals surface area contributed by atoms with Crippen molar-refractivity contribution in [2.45, 2.75) is 53.9 Å². The largest absolute Gasteiger partial charge is 0.461 e. The average molecular weight is 357 g/mol. The van der Waals surface area contributed by atoms with Crippen molar-refractivity contribution in [1.29, 1.82) is 0 Å². The molecule has 0 unspecified atom stereocenters. The number of hydrogen-bond donors (Lipinski definition) is 0. The summed E-state index contributed by atoms with van der Waals surface area (Å²) >= 11 is 0. The fourth-order valence-corrected chi connectivity index (χ4v) is 4.11. The first-order valence-corrected chi connectivity index (χ1v) is 10.0. The van der Waals surface area contributed by atoms with Gasteiger partial charge in [0, 0.05) is 6.42 Å². The van der Waals surface area contributed by atoms with Gasteiger partial charge in [0.2, 0.25) is 0 Å². The van der Waals surface area contributed by atoms with Gasteiger partial charge in [-0.2, -0.15) is 0 Å². The van der Waals surface area contributed by atoms with Crippen LogP contribution < -0.4 is 0 Å². The third-order valence-corrected chi connectivity index (χ3v) is 5.88. The van der Waals surface area contributed by atoms with Gasteiger partial charge in [-0.3, -0.25) is 0 Å². The van der Waals surface area contributed by atoms with Crippen molar-refractivity contribution in [2.24, 2.45) is 0 Å². The van der Waals surface area contributed by atoms with Crippen molar-refractivity contribution < 1.29 is 4.42 Å². The smallest absolute Gasteiger partial charge is 0.130 e. The Hall–Kier alpha value is -2.54. The molecule has 1 heterocycles. The second kappa shape index (κ2) is 6.88. The Morgan fingerprint density at radius 2 is 1.56 bits per heavy atom. The topological polar surface area (TPSA) is 13.1 Å². The number of fused-ring (bicyclic) bond motifs is 1. The molecule has 1 nitrogen and oxygen atoms in total. The summed E-state index contributed by atoms with van der Waals surface area (Å²) in [6.45, 7) is 10.9. The van der Waals surface area contributed by atoms with Crippen molar-refractivity contribution in [3.63, 3.8) is 0 Å². The number of furan rings is 1. The van der Waals surface area contributed by atoms with Crippen LogP contribution in [0.25, 0.3) is 22.8 Å². The molecule has 1 aliphatic rings. The summed E-state index contributed by atoms with van der Waals surface area (Å²) in [5.41, 5.74) is 12.2. The van der Waals surface area contributed by atoms with Crippen LogP contribution in [0.3, 0.4) is 0 Å². The number of benzene rings is 2. The Balaban J connectivity index is 1.87. The molecule has 0 saturated heterocycles. The normalized spacial score (nSPS) is 13.0. The van der Waals surface area contributed by atoms with Crippen LogP contribution in [-0.2, 0) is 19.3 Å². The lowest BCUT2D eigenvalue weighted by atomic mass is 9.90. The van der Waals surface area contributed by atoms with E-state index in [2.05, 4.69) is 70.2 Å². The quantitative estimate of drug-likeness (QED) is 0.486. The summed E-state index contributed by atoms with van der Waals surface area (Å²) in [7, 11) is 0. The number of allylic oxidation sites excluding steroid dienone is 1. The Bertz CT molecular complexity index is 1000. The van der Waals surface area contributed by atoms with Gasteiger partial charge in [-0.15, -0.1) is 0 Å². The van der Waals surface area contributed by atoms with Gasteiger partial charge >= 0.3 is 0 Å². The monoisotopic (exact) mass is 356 g/mol. The summed E-state index contributed by atoms with van der Waals surface area (Å²) in [4.78, 5) is 0. The summed E-state index contributed by atoms with van der Waals surface area (Å²) < 4.78 is 6.01. The van der Waals surface area contributed by atoms with Gasteiger partial charge < -0.3 is 4.42 Å². The van der Waals surface area contributed by atoms with E-state index in [-0.39, 0.29) is 0 Å². The molecule has 1 aliphatic carbocycles. The van der Waals surface area contributed by atoms with Crippen LogP contribution in [0.4, 0.5) is 0 Å². The molecule has 27 heavy (non-hydrogen) atoms. The van der Waals surface area contributed by atoms with Gasteiger partial charge in [0.15, 0.2) is 0 Å². The molecule has 0 bridgehead atoms. The van der Waals surface area contributed by atoms with Gasteiger partial charge in [0.05, 0.1) is 0 Å². The van der Waals surface area contributed by atoms with Gasteiger partial charge in [-0.1, -0.05) is 44.2 Å². The summed E-state index contributed by atoms with van der Waals surface area (Å²) in [6, 6.07) is 13.8. The molecule has 2 aromatic carbocycles. The van der Waals surface area contributed by atoms with E-state index in [1.165, 1.54) is 50.1 Å². The zero-order valence-corrected chi connectivity index (χ0v) is 17.1. The Kier molecular flexibility index (Phi) is 4.55. The van der Waals surface area contributed by atoms with E-state index >= 15 is 0 Å². The predicted molar refractivity (Wildman–Crippen MR) is 115 cm³/mol. The van der Waals surface area contributed by atoms with Crippen molar-refractivity contribution in [1.82, 2.24) is 0 Å². The molecule has 0 saturated carbocycles. The molecule has 4 rings (SSSR count). The Morgan fingerprint density at radius 1 is 0.852 bits per heavy atom.